The number of carbonyl (C=O) groups excluding carboxylic acids is 4. The van der Waals surface area contributed by atoms with E-state index < -0.39 is 0 Å². The van der Waals surface area contributed by atoms with Gasteiger partial charge in [-0.05, 0) is 76.1 Å². The van der Waals surface area contributed by atoms with Gasteiger partial charge in [-0.15, -0.1) is 39.5 Å². The van der Waals surface area contributed by atoms with E-state index in [1.165, 1.54) is 9.80 Å². The Morgan fingerprint density at radius 1 is 0.500 bits per heavy atom. The van der Waals surface area contributed by atoms with E-state index >= 15 is 0 Å². The molecule has 10 nitrogen and oxygen atoms in total. The summed E-state index contributed by atoms with van der Waals surface area (Å²) >= 11 is 0. The number of imide groups is 2. The van der Waals surface area contributed by atoms with Crippen LogP contribution in [0, 0.1) is 0 Å². The molecule has 46 heavy (non-hydrogen) atoms. The summed E-state index contributed by atoms with van der Waals surface area (Å²) in [7, 11) is 0. The van der Waals surface area contributed by atoms with Crippen molar-refractivity contribution in [1.29, 1.82) is 0 Å². The first-order valence-electron chi connectivity index (χ1n) is 14.7. The Balaban J connectivity index is 0.000000758. The van der Waals surface area contributed by atoms with Gasteiger partial charge in [-0.3, -0.25) is 39.6 Å². The van der Waals surface area contributed by atoms with E-state index in [1.54, 1.807) is 24.3 Å². The molecule has 236 valence electrons. The Morgan fingerprint density at radius 2 is 0.826 bits per heavy atom. The molecule has 6 N–H and O–H groups in total. The van der Waals surface area contributed by atoms with Crippen molar-refractivity contribution < 1.29 is 19.2 Å². The molecule has 0 unspecified atom stereocenters. The van der Waals surface area contributed by atoms with E-state index in [-0.39, 0.29) is 43.6 Å². The third-order valence-corrected chi connectivity index (χ3v) is 8.05. The molecule has 0 fully saturated rings. The first-order valence-corrected chi connectivity index (χ1v) is 14.7. The summed E-state index contributed by atoms with van der Waals surface area (Å²) in [4.78, 5) is 56.1. The molecule has 0 aromatic heterocycles. The van der Waals surface area contributed by atoms with Crippen LogP contribution in [0.3, 0.4) is 0 Å². The van der Waals surface area contributed by atoms with Crippen molar-refractivity contribution in [2.24, 2.45) is 11.5 Å². The lowest BCUT2D eigenvalue weighted by molar-refractivity contribution is 0.0582. The lowest BCUT2D eigenvalue weighted by atomic mass is 9.82. The van der Waals surface area contributed by atoms with Crippen molar-refractivity contribution in [2.45, 2.75) is 6.42 Å². The molecule has 5 aromatic rings. The molecule has 0 saturated carbocycles. The number of hydrogen-bond donors (Lipinski definition) is 4. The first-order chi connectivity index (χ1) is 22.5. The second kappa shape index (κ2) is 14.2. The van der Waals surface area contributed by atoms with Crippen LogP contribution >= 0.6 is 0 Å². The standard InChI is InChI=1S/C30H26N6O4.3C2H4/c31-10-1-11-33-13-35-27(37)19-6-2-15-17-4-8-21-26-22(30(40)36(29(21)39)14-34-12-32)9-5-18(24(17)26)16-3-7-20(28(35)38)25(19)23(15)16;3*1-2/h2-9,33-34H,1,10-14,31-32H2;3*1-2H2. The maximum atomic E-state index is 13.5. The molecular weight excluding hydrogens is 580 g/mol. The van der Waals surface area contributed by atoms with E-state index in [9.17, 15) is 19.2 Å². The van der Waals surface area contributed by atoms with Crippen LogP contribution in [0.2, 0.25) is 0 Å². The van der Waals surface area contributed by atoms with Crippen LogP contribution in [0.4, 0.5) is 0 Å². The van der Waals surface area contributed by atoms with Gasteiger partial charge >= 0.3 is 0 Å². The SMILES string of the molecule is C=C.C=C.C=C.NCCCNCN1C(=O)c2ccc3c4ccc5c6c(ccc(c7ccc(c2c37)C1=O)c64)C(=O)N(CNCN)C5=O. The third kappa shape index (κ3) is 5.03. The van der Waals surface area contributed by atoms with E-state index in [1.807, 2.05) is 24.3 Å². The predicted molar refractivity (Wildman–Crippen MR) is 186 cm³/mol. The molecule has 0 aliphatic carbocycles. The van der Waals surface area contributed by atoms with Crippen LogP contribution in [0.25, 0.3) is 43.1 Å². The Kier molecular flexibility index (Phi) is 10.4. The number of nitrogens with one attached hydrogen (secondary N) is 2. The maximum Gasteiger partial charge on any atom is 0.262 e. The lowest BCUT2D eigenvalue weighted by Crippen LogP contribution is -2.46. The molecule has 2 aliphatic heterocycles. The second-order valence-corrected chi connectivity index (χ2v) is 10.1. The van der Waals surface area contributed by atoms with Gasteiger partial charge in [0.2, 0.25) is 0 Å². The number of carbonyl (C=O) groups is 4. The molecule has 2 aliphatic rings. The van der Waals surface area contributed by atoms with Crippen molar-refractivity contribution in [3.05, 3.63) is 110 Å². The van der Waals surface area contributed by atoms with Crippen LogP contribution in [-0.2, 0) is 0 Å². The molecular formula is C36H38N6O4. The largest absolute Gasteiger partial charge is 0.330 e. The highest BCUT2D eigenvalue weighted by Gasteiger charge is 2.36. The summed E-state index contributed by atoms with van der Waals surface area (Å²) in [5, 5.41) is 12.3. The fourth-order valence-corrected chi connectivity index (χ4v) is 6.25. The Morgan fingerprint density at radius 3 is 1.13 bits per heavy atom. The summed E-state index contributed by atoms with van der Waals surface area (Å²) in [6.07, 6.45) is 0.739. The Hall–Kier alpha value is -5.26. The van der Waals surface area contributed by atoms with Gasteiger partial charge in [0.15, 0.2) is 0 Å². The van der Waals surface area contributed by atoms with Gasteiger partial charge in [-0.25, -0.2) is 0 Å². The van der Waals surface area contributed by atoms with Gasteiger partial charge in [-0.2, -0.15) is 0 Å². The normalized spacial score (nSPS) is 13.4. The van der Waals surface area contributed by atoms with Crippen LogP contribution < -0.4 is 22.1 Å². The average Bonchev–Trinajstić information content (AvgIpc) is 3.11. The zero-order chi connectivity index (χ0) is 33.7. The van der Waals surface area contributed by atoms with Crippen molar-refractivity contribution in [3.63, 3.8) is 0 Å². The van der Waals surface area contributed by atoms with E-state index in [0.717, 1.165) is 38.7 Å². The van der Waals surface area contributed by atoms with Crippen molar-refractivity contribution >= 4 is 66.7 Å². The molecule has 0 bridgehead atoms. The Labute approximate surface area is 267 Å². The van der Waals surface area contributed by atoms with E-state index in [0.29, 0.717) is 46.1 Å². The number of rotatable bonds is 8. The number of nitrogens with zero attached hydrogens (tertiary/aromatic N) is 2. The van der Waals surface area contributed by atoms with E-state index in [2.05, 4.69) is 50.1 Å². The first kappa shape index (κ1) is 33.6. The van der Waals surface area contributed by atoms with Crippen LogP contribution in [-0.4, -0.2) is 66.5 Å². The minimum atomic E-state index is -0.380. The molecule has 0 saturated heterocycles. The minimum Gasteiger partial charge on any atom is -0.330 e. The van der Waals surface area contributed by atoms with E-state index in [4.69, 9.17) is 11.5 Å². The quantitative estimate of drug-likeness (QED) is 0.0488. The van der Waals surface area contributed by atoms with Crippen LogP contribution in [0.15, 0.2) is 88.0 Å². The van der Waals surface area contributed by atoms with Crippen molar-refractivity contribution in [3.8, 4) is 0 Å². The van der Waals surface area contributed by atoms with Crippen LogP contribution in [0.1, 0.15) is 47.9 Å². The topological polar surface area (TPSA) is 151 Å². The summed E-state index contributed by atoms with van der Waals surface area (Å²) < 4.78 is 0. The number of hydrogen-bond acceptors (Lipinski definition) is 8. The number of nitrogens with two attached hydrogens (primary N) is 2. The zero-order valence-corrected chi connectivity index (χ0v) is 25.8. The molecule has 0 spiro atoms. The minimum absolute atomic E-state index is 0.0217. The summed E-state index contributed by atoms with van der Waals surface area (Å²) in [6.45, 7) is 19.4. The fourth-order valence-electron chi connectivity index (χ4n) is 6.25. The zero-order valence-electron chi connectivity index (χ0n) is 25.8. The molecule has 4 amide bonds. The lowest BCUT2D eigenvalue weighted by Gasteiger charge is -2.30. The average molecular weight is 619 g/mol. The molecule has 0 radical (unpaired) electrons. The summed E-state index contributed by atoms with van der Waals surface area (Å²) in [6, 6.07) is 14.6. The van der Waals surface area contributed by atoms with Gasteiger partial charge in [-0.1, -0.05) is 24.3 Å². The van der Waals surface area contributed by atoms with Gasteiger partial charge < -0.3 is 11.5 Å². The second-order valence-electron chi connectivity index (χ2n) is 10.1. The fraction of sp³-hybridized carbons (Fsp3) is 0.167. The summed E-state index contributed by atoms with van der Waals surface area (Å²) in [5.41, 5.74) is 12.9. The third-order valence-electron chi connectivity index (χ3n) is 8.05. The van der Waals surface area contributed by atoms with Crippen LogP contribution in [0.5, 0.6) is 0 Å². The monoisotopic (exact) mass is 618 g/mol. The predicted octanol–water partition coefficient (Wildman–Crippen LogP) is 4.70. The highest BCUT2D eigenvalue weighted by molar-refractivity contribution is 6.41. The van der Waals surface area contributed by atoms with Gasteiger partial charge in [0.25, 0.3) is 23.6 Å². The summed E-state index contributed by atoms with van der Waals surface area (Å²) in [5.74, 6) is -1.45. The number of fused-ring (bicyclic) bond motifs is 2. The maximum absolute atomic E-state index is 13.5. The molecule has 5 aromatic carbocycles. The van der Waals surface area contributed by atoms with Gasteiger partial charge in [0.1, 0.15) is 0 Å². The highest BCUT2D eigenvalue weighted by Crippen LogP contribution is 2.46. The molecule has 0 atom stereocenters. The number of amides is 4. The molecule has 10 heteroatoms. The van der Waals surface area contributed by atoms with Crippen molar-refractivity contribution in [1.82, 2.24) is 20.4 Å². The van der Waals surface area contributed by atoms with Gasteiger partial charge in [0.05, 0.1) is 13.3 Å². The van der Waals surface area contributed by atoms with Crippen molar-refractivity contribution in [2.75, 3.05) is 33.1 Å². The number of benzene rings is 5. The molecule has 7 rings (SSSR count). The smallest absolute Gasteiger partial charge is 0.262 e. The Bertz CT molecular complexity index is 1860. The molecule has 2 heterocycles. The van der Waals surface area contributed by atoms with Gasteiger partial charge in [0, 0.05) is 39.7 Å². The highest BCUT2D eigenvalue weighted by atomic mass is 16.2.